The summed E-state index contributed by atoms with van der Waals surface area (Å²) in [6.07, 6.45) is 3.55. The fourth-order valence-electron chi connectivity index (χ4n) is 2.64. The Morgan fingerprint density at radius 3 is 2.43 bits per heavy atom. The lowest BCUT2D eigenvalue weighted by atomic mass is 9.97. The number of benzene rings is 1. The van der Waals surface area contributed by atoms with Gasteiger partial charge in [0.2, 0.25) is 0 Å². The van der Waals surface area contributed by atoms with Gasteiger partial charge in [-0.05, 0) is 62.1 Å². The lowest BCUT2D eigenvalue weighted by Crippen LogP contribution is -2.11. The molecule has 0 bridgehead atoms. The molecular formula is C22H26O6. The quantitative estimate of drug-likeness (QED) is 0.378. The zero-order chi connectivity index (χ0) is 20.5. The van der Waals surface area contributed by atoms with Crippen molar-refractivity contribution >= 4 is 11.9 Å². The van der Waals surface area contributed by atoms with Gasteiger partial charge in [-0.2, -0.15) is 0 Å². The minimum atomic E-state index is -0.431. The Hall–Kier alpha value is -3.02. The van der Waals surface area contributed by atoms with Crippen molar-refractivity contribution in [3.63, 3.8) is 0 Å². The largest absolute Gasteiger partial charge is 0.512 e. The van der Waals surface area contributed by atoms with Crippen LogP contribution in [0.2, 0.25) is 0 Å². The number of carbonyl (C=O) groups is 2. The summed E-state index contributed by atoms with van der Waals surface area (Å²) in [4.78, 5) is 23.2. The van der Waals surface area contributed by atoms with Crippen molar-refractivity contribution in [2.24, 2.45) is 0 Å². The highest BCUT2D eigenvalue weighted by Crippen LogP contribution is 2.29. The molecule has 0 fully saturated rings. The average molecular weight is 386 g/mol. The van der Waals surface area contributed by atoms with Crippen molar-refractivity contribution in [3.05, 3.63) is 65.1 Å². The molecule has 0 amide bonds. The molecule has 6 nitrogen and oxygen atoms in total. The van der Waals surface area contributed by atoms with E-state index in [4.69, 9.17) is 14.2 Å². The molecule has 0 radical (unpaired) electrons. The number of allylic oxidation sites excluding steroid dienone is 4. The Balaban J connectivity index is 1.80. The molecule has 0 unspecified atom stereocenters. The van der Waals surface area contributed by atoms with Crippen molar-refractivity contribution in [3.8, 4) is 5.75 Å². The number of aliphatic hydroxyl groups is 1. The molecular weight excluding hydrogens is 360 g/mol. The van der Waals surface area contributed by atoms with Gasteiger partial charge in [-0.25, -0.2) is 9.59 Å². The van der Waals surface area contributed by atoms with Gasteiger partial charge in [-0.15, -0.1) is 0 Å². The average Bonchev–Trinajstić information content (AvgIpc) is 2.71. The third-order valence-corrected chi connectivity index (χ3v) is 4.53. The first-order valence-electron chi connectivity index (χ1n) is 9.25. The first-order chi connectivity index (χ1) is 13.4. The third kappa shape index (κ3) is 6.01. The Labute approximate surface area is 165 Å². The molecule has 6 heteroatoms. The smallest absolute Gasteiger partial charge is 0.343 e. The summed E-state index contributed by atoms with van der Waals surface area (Å²) >= 11 is 0. The first kappa shape index (κ1) is 21.3. The van der Waals surface area contributed by atoms with Crippen LogP contribution in [0.15, 0.2) is 59.6 Å². The predicted octanol–water partition coefficient (Wildman–Crippen LogP) is 4.63. The van der Waals surface area contributed by atoms with E-state index in [1.165, 1.54) is 0 Å². The topological polar surface area (TPSA) is 82.1 Å². The SMILES string of the molecule is C=CC(=O)OCCCCOc1ccc(C(=O)OC2=C(C)C(C)=C(O)CC2)cc1. The van der Waals surface area contributed by atoms with Crippen LogP contribution in [0.5, 0.6) is 5.75 Å². The maximum atomic E-state index is 12.3. The number of aliphatic hydroxyl groups excluding tert-OH is 1. The molecule has 0 aromatic heterocycles. The minimum absolute atomic E-state index is 0.334. The van der Waals surface area contributed by atoms with Crippen molar-refractivity contribution < 1.29 is 28.9 Å². The summed E-state index contributed by atoms with van der Waals surface area (Å²) in [5.41, 5.74) is 1.99. The summed E-state index contributed by atoms with van der Waals surface area (Å²) in [5.74, 6) is 0.733. The van der Waals surface area contributed by atoms with Crippen molar-refractivity contribution in [1.29, 1.82) is 0 Å². The zero-order valence-electron chi connectivity index (χ0n) is 16.3. The van der Waals surface area contributed by atoms with Crippen LogP contribution >= 0.6 is 0 Å². The van der Waals surface area contributed by atoms with Crippen LogP contribution in [0, 0.1) is 0 Å². The highest BCUT2D eigenvalue weighted by Gasteiger charge is 2.19. The molecule has 28 heavy (non-hydrogen) atoms. The summed E-state index contributed by atoms with van der Waals surface area (Å²) < 4.78 is 16.0. The molecule has 150 valence electrons. The Morgan fingerprint density at radius 2 is 1.75 bits per heavy atom. The zero-order valence-corrected chi connectivity index (χ0v) is 16.3. The Morgan fingerprint density at radius 1 is 1.07 bits per heavy atom. The van der Waals surface area contributed by atoms with E-state index < -0.39 is 11.9 Å². The van der Waals surface area contributed by atoms with E-state index >= 15 is 0 Å². The van der Waals surface area contributed by atoms with Gasteiger partial charge >= 0.3 is 11.9 Å². The molecule has 2 rings (SSSR count). The minimum Gasteiger partial charge on any atom is -0.512 e. The number of hydrogen-bond donors (Lipinski definition) is 1. The number of carbonyl (C=O) groups excluding carboxylic acids is 2. The lowest BCUT2D eigenvalue weighted by molar-refractivity contribution is -0.137. The van der Waals surface area contributed by atoms with E-state index in [1.54, 1.807) is 24.3 Å². The standard InChI is InChI=1S/C22H26O6/c1-4-21(24)27-14-6-5-13-26-18-9-7-17(8-10-18)22(25)28-20-12-11-19(23)15(2)16(20)3/h4,7-10,23H,1,5-6,11-14H2,2-3H3. The Kier molecular flexibility index (Phi) is 7.87. The number of rotatable bonds is 9. The van der Waals surface area contributed by atoms with Crippen LogP contribution < -0.4 is 4.74 Å². The molecule has 0 saturated carbocycles. The van der Waals surface area contributed by atoms with Crippen LogP contribution in [0.3, 0.4) is 0 Å². The highest BCUT2D eigenvalue weighted by atomic mass is 16.5. The fraction of sp³-hybridized carbons (Fsp3) is 0.364. The van der Waals surface area contributed by atoms with Crippen LogP contribution in [-0.4, -0.2) is 30.3 Å². The summed E-state index contributed by atoms with van der Waals surface area (Å²) in [6, 6.07) is 6.74. The number of hydrogen-bond acceptors (Lipinski definition) is 6. The monoisotopic (exact) mass is 386 g/mol. The van der Waals surface area contributed by atoms with E-state index in [1.807, 2.05) is 13.8 Å². The summed E-state index contributed by atoms with van der Waals surface area (Å²) in [5, 5.41) is 9.77. The molecule has 1 aliphatic carbocycles. The van der Waals surface area contributed by atoms with Gasteiger partial charge in [0.1, 0.15) is 11.5 Å². The summed E-state index contributed by atoms with van der Waals surface area (Å²) in [6.45, 7) is 7.80. The van der Waals surface area contributed by atoms with Gasteiger partial charge < -0.3 is 19.3 Å². The molecule has 0 spiro atoms. The van der Waals surface area contributed by atoms with Crippen LogP contribution in [0.25, 0.3) is 0 Å². The molecule has 1 N–H and O–H groups in total. The molecule has 0 atom stereocenters. The summed E-state index contributed by atoms with van der Waals surface area (Å²) in [7, 11) is 0. The second-order valence-corrected chi connectivity index (χ2v) is 6.46. The molecule has 0 saturated heterocycles. The van der Waals surface area contributed by atoms with Gasteiger partial charge in [-0.1, -0.05) is 6.58 Å². The van der Waals surface area contributed by atoms with E-state index in [2.05, 4.69) is 6.58 Å². The molecule has 1 aromatic carbocycles. The van der Waals surface area contributed by atoms with Crippen LogP contribution in [0.4, 0.5) is 0 Å². The molecule has 0 heterocycles. The molecule has 1 aromatic rings. The van der Waals surface area contributed by atoms with E-state index in [0.29, 0.717) is 55.3 Å². The van der Waals surface area contributed by atoms with Gasteiger partial charge in [0.05, 0.1) is 24.5 Å². The fourth-order valence-corrected chi connectivity index (χ4v) is 2.64. The third-order valence-electron chi connectivity index (χ3n) is 4.53. The van der Waals surface area contributed by atoms with E-state index in [9.17, 15) is 14.7 Å². The maximum Gasteiger partial charge on any atom is 0.343 e. The number of unbranched alkanes of at least 4 members (excludes halogenated alkanes) is 1. The lowest BCUT2D eigenvalue weighted by Gasteiger charge is -2.19. The van der Waals surface area contributed by atoms with Gasteiger partial charge in [0, 0.05) is 18.9 Å². The predicted molar refractivity (Wildman–Crippen MR) is 105 cm³/mol. The first-order valence-corrected chi connectivity index (χ1v) is 9.25. The highest BCUT2D eigenvalue weighted by molar-refractivity contribution is 5.90. The van der Waals surface area contributed by atoms with Crippen molar-refractivity contribution in [2.75, 3.05) is 13.2 Å². The number of ether oxygens (including phenoxy) is 3. The van der Waals surface area contributed by atoms with E-state index in [-0.39, 0.29) is 0 Å². The maximum absolute atomic E-state index is 12.3. The Bertz CT molecular complexity index is 786. The van der Waals surface area contributed by atoms with Gasteiger partial charge in [0.25, 0.3) is 0 Å². The normalized spacial score (nSPS) is 13.9. The molecule has 1 aliphatic rings. The second kappa shape index (κ2) is 10.3. The van der Waals surface area contributed by atoms with Gasteiger partial charge in [0.15, 0.2) is 0 Å². The van der Waals surface area contributed by atoms with Gasteiger partial charge in [-0.3, -0.25) is 0 Å². The molecule has 0 aliphatic heterocycles. The number of esters is 2. The second-order valence-electron chi connectivity index (χ2n) is 6.46. The van der Waals surface area contributed by atoms with Crippen LogP contribution in [0.1, 0.15) is 49.9 Å². The van der Waals surface area contributed by atoms with Crippen LogP contribution in [-0.2, 0) is 14.3 Å². The van der Waals surface area contributed by atoms with Crippen molar-refractivity contribution in [2.45, 2.75) is 39.5 Å². The van der Waals surface area contributed by atoms with Crippen molar-refractivity contribution in [1.82, 2.24) is 0 Å². The van der Waals surface area contributed by atoms with E-state index in [0.717, 1.165) is 23.6 Å².